The van der Waals surface area contributed by atoms with Crippen molar-refractivity contribution in [3.8, 4) is 0 Å². The second-order valence-electron chi connectivity index (χ2n) is 4.18. The van der Waals surface area contributed by atoms with Gasteiger partial charge < -0.3 is 14.9 Å². The average Bonchev–Trinajstić information content (AvgIpc) is 2.33. The van der Waals surface area contributed by atoms with Crippen molar-refractivity contribution in [3.63, 3.8) is 0 Å². The van der Waals surface area contributed by atoms with E-state index < -0.39 is 18.0 Å². The van der Waals surface area contributed by atoms with E-state index in [4.69, 9.17) is 4.74 Å². The first-order valence-corrected chi connectivity index (χ1v) is 5.36. The monoisotopic (exact) mass is 234 g/mol. The average molecular weight is 234 g/mol. The highest BCUT2D eigenvalue weighted by Crippen LogP contribution is 2.27. The molecule has 0 aromatic heterocycles. The molecule has 4 heteroatoms. The Labute approximate surface area is 99.2 Å². The van der Waals surface area contributed by atoms with E-state index in [-0.39, 0.29) is 5.78 Å². The lowest BCUT2D eigenvalue weighted by Crippen LogP contribution is -2.42. The standard InChI is InChI=1S/C13H14O4/c1-13(16)8-7-10(14)12(17-13)11(15)9-5-3-2-4-6-9/h2-8,11-12,15-16H,1H3/t11-,12-,13?/m1/s1. The number of carbonyl (C=O) groups excluding carboxylic acids is 1. The van der Waals surface area contributed by atoms with Gasteiger partial charge in [-0.15, -0.1) is 0 Å². The van der Waals surface area contributed by atoms with Gasteiger partial charge in [0.25, 0.3) is 0 Å². The Hall–Kier alpha value is -1.49. The molecule has 4 nitrogen and oxygen atoms in total. The molecule has 1 aromatic rings. The molecule has 1 aromatic carbocycles. The number of ketones is 1. The molecule has 0 radical (unpaired) electrons. The molecule has 90 valence electrons. The van der Waals surface area contributed by atoms with Crippen molar-refractivity contribution in [1.82, 2.24) is 0 Å². The first-order chi connectivity index (χ1) is 7.99. The molecule has 17 heavy (non-hydrogen) atoms. The molecule has 1 aliphatic heterocycles. The fourth-order valence-electron chi connectivity index (χ4n) is 1.73. The Balaban J connectivity index is 2.23. The highest BCUT2D eigenvalue weighted by Gasteiger charge is 2.36. The summed E-state index contributed by atoms with van der Waals surface area (Å²) >= 11 is 0. The summed E-state index contributed by atoms with van der Waals surface area (Å²) in [6, 6.07) is 8.75. The summed E-state index contributed by atoms with van der Waals surface area (Å²) in [5.41, 5.74) is 0.581. The van der Waals surface area contributed by atoms with Crippen LogP contribution in [0.2, 0.25) is 0 Å². The molecule has 3 atom stereocenters. The lowest BCUT2D eigenvalue weighted by atomic mass is 9.98. The second kappa shape index (κ2) is 4.41. The fraction of sp³-hybridized carbons (Fsp3) is 0.308. The Morgan fingerprint density at radius 2 is 2.00 bits per heavy atom. The maximum Gasteiger partial charge on any atom is 0.187 e. The number of carbonyl (C=O) groups is 1. The Kier molecular flexibility index (Phi) is 3.11. The molecule has 1 unspecified atom stereocenters. The Bertz CT molecular complexity index is 436. The maximum atomic E-state index is 11.6. The molecule has 0 fully saturated rings. The molecule has 1 heterocycles. The van der Waals surface area contributed by atoms with Crippen LogP contribution in [0.5, 0.6) is 0 Å². The van der Waals surface area contributed by atoms with Crippen LogP contribution in [0.4, 0.5) is 0 Å². The molecule has 0 saturated carbocycles. The summed E-state index contributed by atoms with van der Waals surface area (Å²) < 4.78 is 5.17. The van der Waals surface area contributed by atoms with E-state index in [0.29, 0.717) is 5.56 Å². The van der Waals surface area contributed by atoms with Crippen LogP contribution in [-0.4, -0.2) is 27.9 Å². The van der Waals surface area contributed by atoms with Gasteiger partial charge in [0, 0.05) is 0 Å². The van der Waals surface area contributed by atoms with Crippen molar-refractivity contribution < 1.29 is 19.7 Å². The van der Waals surface area contributed by atoms with Crippen molar-refractivity contribution in [2.75, 3.05) is 0 Å². The third kappa shape index (κ3) is 2.61. The largest absolute Gasteiger partial charge is 0.385 e. The zero-order chi connectivity index (χ0) is 12.5. The molecular weight excluding hydrogens is 220 g/mol. The first-order valence-electron chi connectivity index (χ1n) is 5.36. The highest BCUT2D eigenvalue weighted by atomic mass is 16.6. The minimum absolute atomic E-state index is 0.354. The van der Waals surface area contributed by atoms with Crippen LogP contribution in [0.3, 0.4) is 0 Å². The third-order valence-corrected chi connectivity index (χ3v) is 2.63. The highest BCUT2D eigenvalue weighted by molar-refractivity contribution is 5.95. The van der Waals surface area contributed by atoms with E-state index in [1.165, 1.54) is 19.1 Å². The van der Waals surface area contributed by atoms with Crippen molar-refractivity contribution in [1.29, 1.82) is 0 Å². The minimum atomic E-state index is -1.52. The van der Waals surface area contributed by atoms with Gasteiger partial charge >= 0.3 is 0 Å². The van der Waals surface area contributed by atoms with Gasteiger partial charge in [-0.2, -0.15) is 0 Å². The van der Waals surface area contributed by atoms with Gasteiger partial charge in [-0.1, -0.05) is 30.3 Å². The van der Waals surface area contributed by atoms with E-state index in [1.54, 1.807) is 24.3 Å². The van der Waals surface area contributed by atoms with Crippen molar-refractivity contribution in [3.05, 3.63) is 48.0 Å². The van der Waals surface area contributed by atoms with Gasteiger partial charge in [-0.25, -0.2) is 0 Å². The third-order valence-electron chi connectivity index (χ3n) is 2.63. The lowest BCUT2D eigenvalue weighted by molar-refractivity contribution is -0.211. The van der Waals surface area contributed by atoms with E-state index in [0.717, 1.165) is 0 Å². The number of ether oxygens (including phenoxy) is 1. The van der Waals surface area contributed by atoms with E-state index in [2.05, 4.69) is 0 Å². The molecule has 2 rings (SSSR count). The molecule has 0 bridgehead atoms. The van der Waals surface area contributed by atoms with Gasteiger partial charge in [0.1, 0.15) is 6.10 Å². The van der Waals surface area contributed by atoms with Gasteiger partial charge in [0.2, 0.25) is 0 Å². The number of rotatable bonds is 2. The molecule has 1 aliphatic rings. The summed E-state index contributed by atoms with van der Waals surface area (Å²) in [5, 5.41) is 19.7. The number of aliphatic hydroxyl groups is 2. The van der Waals surface area contributed by atoms with Gasteiger partial charge in [-0.05, 0) is 24.6 Å². The van der Waals surface area contributed by atoms with Crippen LogP contribution in [-0.2, 0) is 9.53 Å². The topological polar surface area (TPSA) is 66.8 Å². The summed E-state index contributed by atoms with van der Waals surface area (Å²) in [5.74, 6) is -1.87. The lowest BCUT2D eigenvalue weighted by Gasteiger charge is -2.31. The zero-order valence-corrected chi connectivity index (χ0v) is 9.41. The van der Waals surface area contributed by atoms with Gasteiger partial charge in [0.15, 0.2) is 17.7 Å². The van der Waals surface area contributed by atoms with Crippen molar-refractivity contribution in [2.45, 2.75) is 24.9 Å². The van der Waals surface area contributed by atoms with Crippen LogP contribution in [0, 0.1) is 0 Å². The quantitative estimate of drug-likeness (QED) is 0.799. The predicted molar refractivity (Wildman–Crippen MR) is 61.0 cm³/mol. The van der Waals surface area contributed by atoms with Gasteiger partial charge in [0.05, 0.1) is 0 Å². The van der Waals surface area contributed by atoms with Crippen LogP contribution < -0.4 is 0 Å². The number of hydrogen-bond donors (Lipinski definition) is 2. The molecule has 0 aliphatic carbocycles. The molecule has 0 amide bonds. The molecular formula is C13H14O4. The fourth-order valence-corrected chi connectivity index (χ4v) is 1.73. The normalized spacial score (nSPS) is 30.3. The smallest absolute Gasteiger partial charge is 0.187 e. The molecule has 2 N–H and O–H groups in total. The van der Waals surface area contributed by atoms with Crippen LogP contribution in [0.25, 0.3) is 0 Å². The number of hydrogen-bond acceptors (Lipinski definition) is 4. The van der Waals surface area contributed by atoms with Crippen molar-refractivity contribution >= 4 is 5.78 Å². The number of aliphatic hydroxyl groups excluding tert-OH is 1. The first kappa shape index (κ1) is 12.0. The van der Waals surface area contributed by atoms with E-state index in [9.17, 15) is 15.0 Å². The van der Waals surface area contributed by atoms with Gasteiger partial charge in [-0.3, -0.25) is 4.79 Å². The van der Waals surface area contributed by atoms with E-state index >= 15 is 0 Å². The van der Waals surface area contributed by atoms with Crippen molar-refractivity contribution in [2.24, 2.45) is 0 Å². The van der Waals surface area contributed by atoms with E-state index in [1.807, 2.05) is 6.07 Å². The summed E-state index contributed by atoms with van der Waals surface area (Å²) in [7, 11) is 0. The molecule has 0 saturated heterocycles. The Morgan fingerprint density at radius 1 is 1.35 bits per heavy atom. The Morgan fingerprint density at radius 3 is 2.65 bits per heavy atom. The van der Waals surface area contributed by atoms with Crippen LogP contribution in [0.15, 0.2) is 42.5 Å². The zero-order valence-electron chi connectivity index (χ0n) is 9.41. The summed E-state index contributed by atoms with van der Waals surface area (Å²) in [4.78, 5) is 11.6. The maximum absolute atomic E-state index is 11.6. The molecule has 0 spiro atoms. The predicted octanol–water partition coefficient (Wildman–Crippen LogP) is 0.953. The number of benzene rings is 1. The summed E-state index contributed by atoms with van der Waals surface area (Å²) in [6.45, 7) is 1.42. The summed E-state index contributed by atoms with van der Waals surface area (Å²) in [6.07, 6.45) is 0.349. The second-order valence-corrected chi connectivity index (χ2v) is 4.18. The van der Waals surface area contributed by atoms with Crippen LogP contribution >= 0.6 is 0 Å². The SMILES string of the molecule is CC1(O)C=CC(=O)[C@H]([C@H](O)c2ccccc2)O1. The van der Waals surface area contributed by atoms with Crippen LogP contribution in [0.1, 0.15) is 18.6 Å². The minimum Gasteiger partial charge on any atom is -0.385 e.